The Hall–Kier alpha value is -2.56. The second-order valence-electron chi connectivity index (χ2n) is 4.70. The normalized spacial score (nSPS) is 11.9. The van der Waals surface area contributed by atoms with Crippen molar-refractivity contribution in [2.24, 2.45) is 5.73 Å². The molecule has 0 radical (unpaired) electrons. The van der Waals surface area contributed by atoms with Crippen molar-refractivity contribution in [3.8, 4) is 0 Å². The molecular weight excluding hydrogens is 252 g/mol. The molecule has 0 aliphatic heterocycles. The minimum Gasteiger partial charge on any atom is -0.386 e. The van der Waals surface area contributed by atoms with Crippen molar-refractivity contribution in [3.05, 3.63) is 42.5 Å². The predicted molar refractivity (Wildman–Crippen MR) is 82.1 cm³/mol. The van der Waals surface area contributed by atoms with Gasteiger partial charge in [-0.05, 0) is 18.4 Å². The summed E-state index contributed by atoms with van der Waals surface area (Å²) in [4.78, 5) is 13.6. The monoisotopic (exact) mass is 270 g/mol. The quantitative estimate of drug-likeness (QED) is 0.592. The van der Waals surface area contributed by atoms with Crippen molar-refractivity contribution in [3.63, 3.8) is 0 Å². The predicted octanol–water partition coefficient (Wildman–Crippen LogP) is 2.63. The van der Waals surface area contributed by atoms with E-state index < -0.39 is 6.04 Å². The molecule has 5 nitrogen and oxygen atoms in total. The summed E-state index contributed by atoms with van der Waals surface area (Å²) in [7, 11) is 1.62. The number of carbonyl (C=O) groups is 1. The van der Waals surface area contributed by atoms with Crippen molar-refractivity contribution in [1.29, 1.82) is 5.41 Å². The zero-order chi connectivity index (χ0) is 14.7. The molecule has 0 aliphatic carbocycles. The van der Waals surface area contributed by atoms with E-state index in [1.807, 2.05) is 42.5 Å². The van der Waals surface area contributed by atoms with Crippen LogP contribution in [0.2, 0.25) is 0 Å². The number of nitrogens with two attached hydrogens (primary N) is 1. The number of urea groups is 1. The van der Waals surface area contributed by atoms with Gasteiger partial charge in [0.15, 0.2) is 0 Å². The summed E-state index contributed by atoms with van der Waals surface area (Å²) in [5.41, 5.74) is 6.17. The van der Waals surface area contributed by atoms with Crippen LogP contribution in [0, 0.1) is 5.41 Å². The summed E-state index contributed by atoms with van der Waals surface area (Å²) < 4.78 is 0. The van der Waals surface area contributed by atoms with Crippen molar-refractivity contribution in [2.45, 2.75) is 13.0 Å². The molecule has 5 heteroatoms. The molecule has 20 heavy (non-hydrogen) atoms. The Morgan fingerprint density at radius 2 is 1.90 bits per heavy atom. The highest BCUT2D eigenvalue weighted by Gasteiger charge is 2.18. The number of amides is 2. The fourth-order valence-corrected chi connectivity index (χ4v) is 1.92. The van der Waals surface area contributed by atoms with Crippen molar-refractivity contribution in [1.82, 2.24) is 4.90 Å². The van der Waals surface area contributed by atoms with Gasteiger partial charge in [-0.2, -0.15) is 0 Å². The Labute approximate surface area is 117 Å². The van der Waals surface area contributed by atoms with Crippen molar-refractivity contribution in [2.75, 3.05) is 12.4 Å². The first-order valence-corrected chi connectivity index (χ1v) is 6.36. The van der Waals surface area contributed by atoms with Crippen molar-refractivity contribution < 1.29 is 4.79 Å². The third-order valence-electron chi connectivity index (χ3n) is 3.38. The van der Waals surface area contributed by atoms with Crippen LogP contribution < -0.4 is 11.1 Å². The van der Waals surface area contributed by atoms with Crippen LogP contribution >= 0.6 is 0 Å². The summed E-state index contributed by atoms with van der Waals surface area (Å²) in [6.07, 6.45) is 0. The number of carbonyl (C=O) groups excluding carboxylic acids is 1. The molecule has 104 valence electrons. The SMILES string of the molecule is CC(C(=N)N)N(C)C(=O)Nc1cccc2ccccc12. The molecule has 0 heterocycles. The number of rotatable bonds is 3. The topological polar surface area (TPSA) is 82.2 Å². The molecular formula is C15H18N4O. The summed E-state index contributed by atoms with van der Waals surface area (Å²) in [5, 5.41) is 12.3. The molecule has 0 aliphatic rings. The van der Waals surface area contributed by atoms with Gasteiger partial charge in [-0.15, -0.1) is 0 Å². The van der Waals surface area contributed by atoms with E-state index >= 15 is 0 Å². The number of amidine groups is 1. The Morgan fingerprint density at radius 1 is 1.25 bits per heavy atom. The van der Waals surface area contributed by atoms with Gasteiger partial charge in [0.2, 0.25) is 0 Å². The summed E-state index contributed by atoms with van der Waals surface area (Å²) in [6, 6.07) is 12.9. The van der Waals surface area contributed by atoms with E-state index in [0.29, 0.717) is 0 Å². The van der Waals surface area contributed by atoms with Gasteiger partial charge < -0.3 is 16.0 Å². The van der Waals surface area contributed by atoms with Gasteiger partial charge in [0, 0.05) is 12.4 Å². The maximum atomic E-state index is 12.2. The number of anilines is 1. The minimum atomic E-state index is -0.440. The van der Waals surface area contributed by atoms with Crippen LogP contribution in [0.25, 0.3) is 10.8 Å². The van der Waals surface area contributed by atoms with Gasteiger partial charge in [-0.1, -0.05) is 36.4 Å². The highest BCUT2D eigenvalue weighted by atomic mass is 16.2. The van der Waals surface area contributed by atoms with Crippen LogP contribution in [-0.4, -0.2) is 29.9 Å². The first kappa shape index (κ1) is 13.9. The molecule has 0 aromatic heterocycles. The van der Waals surface area contributed by atoms with Gasteiger partial charge in [0.05, 0.1) is 11.7 Å². The Bertz CT molecular complexity index is 648. The number of nitrogens with one attached hydrogen (secondary N) is 2. The van der Waals surface area contributed by atoms with Crippen LogP contribution in [0.5, 0.6) is 0 Å². The average molecular weight is 270 g/mol. The Kier molecular flexibility index (Phi) is 3.89. The lowest BCUT2D eigenvalue weighted by molar-refractivity contribution is 0.218. The van der Waals surface area contributed by atoms with Gasteiger partial charge in [0.25, 0.3) is 0 Å². The van der Waals surface area contributed by atoms with E-state index in [2.05, 4.69) is 5.32 Å². The summed E-state index contributed by atoms with van der Waals surface area (Å²) >= 11 is 0. The third-order valence-corrected chi connectivity index (χ3v) is 3.38. The molecule has 1 unspecified atom stereocenters. The molecule has 1 atom stereocenters. The molecule has 0 saturated heterocycles. The van der Waals surface area contributed by atoms with E-state index in [-0.39, 0.29) is 11.9 Å². The first-order chi connectivity index (χ1) is 9.50. The number of nitrogens with zero attached hydrogens (tertiary/aromatic N) is 1. The van der Waals surface area contributed by atoms with E-state index in [9.17, 15) is 4.79 Å². The second kappa shape index (κ2) is 5.61. The zero-order valence-electron chi connectivity index (χ0n) is 11.6. The van der Waals surface area contributed by atoms with Gasteiger partial charge >= 0.3 is 6.03 Å². The third kappa shape index (κ3) is 2.71. The maximum absolute atomic E-state index is 12.2. The number of hydrogen-bond acceptors (Lipinski definition) is 2. The average Bonchev–Trinajstić information content (AvgIpc) is 2.46. The van der Waals surface area contributed by atoms with Crippen LogP contribution in [0.3, 0.4) is 0 Å². The lowest BCUT2D eigenvalue weighted by Gasteiger charge is -2.24. The van der Waals surface area contributed by atoms with E-state index in [0.717, 1.165) is 16.5 Å². The van der Waals surface area contributed by atoms with Crippen molar-refractivity contribution >= 4 is 28.3 Å². The highest BCUT2D eigenvalue weighted by Crippen LogP contribution is 2.23. The highest BCUT2D eigenvalue weighted by molar-refractivity contribution is 6.02. The molecule has 2 aromatic rings. The molecule has 2 rings (SSSR count). The molecule has 0 spiro atoms. The summed E-state index contributed by atoms with van der Waals surface area (Å²) in [5.74, 6) is -0.0411. The van der Waals surface area contributed by atoms with E-state index in [1.165, 1.54) is 4.90 Å². The van der Waals surface area contributed by atoms with E-state index in [1.54, 1.807) is 14.0 Å². The van der Waals surface area contributed by atoms with Crippen LogP contribution in [0.15, 0.2) is 42.5 Å². The molecule has 0 bridgehead atoms. The Morgan fingerprint density at radius 3 is 2.60 bits per heavy atom. The first-order valence-electron chi connectivity index (χ1n) is 6.36. The van der Waals surface area contributed by atoms with Crippen LogP contribution in [-0.2, 0) is 0 Å². The van der Waals surface area contributed by atoms with Gasteiger partial charge in [-0.25, -0.2) is 4.79 Å². The van der Waals surface area contributed by atoms with Gasteiger partial charge in [0.1, 0.15) is 5.84 Å². The zero-order valence-corrected chi connectivity index (χ0v) is 11.6. The Balaban J connectivity index is 2.24. The van der Waals surface area contributed by atoms with Crippen LogP contribution in [0.4, 0.5) is 10.5 Å². The minimum absolute atomic E-state index is 0.0411. The maximum Gasteiger partial charge on any atom is 0.322 e. The molecule has 4 N–H and O–H groups in total. The number of likely N-dealkylation sites (N-methyl/N-ethyl adjacent to an activating group) is 1. The molecule has 0 saturated carbocycles. The number of hydrogen-bond donors (Lipinski definition) is 3. The van der Waals surface area contributed by atoms with E-state index in [4.69, 9.17) is 11.1 Å². The second-order valence-corrected chi connectivity index (χ2v) is 4.70. The van der Waals surface area contributed by atoms with Crippen LogP contribution in [0.1, 0.15) is 6.92 Å². The summed E-state index contributed by atoms with van der Waals surface area (Å²) in [6.45, 7) is 1.71. The van der Waals surface area contributed by atoms with Gasteiger partial charge in [-0.3, -0.25) is 5.41 Å². The molecule has 0 fully saturated rings. The molecule has 2 aromatic carbocycles. The standard InChI is InChI=1S/C15H18N4O/c1-10(14(16)17)19(2)15(20)18-13-9-5-7-11-6-3-4-8-12(11)13/h3-10H,1-2H3,(H3,16,17)(H,18,20). The smallest absolute Gasteiger partial charge is 0.322 e. The lowest BCUT2D eigenvalue weighted by Crippen LogP contribution is -2.45. The fourth-order valence-electron chi connectivity index (χ4n) is 1.92. The fraction of sp³-hybridized carbons (Fsp3) is 0.200. The number of benzene rings is 2. The largest absolute Gasteiger partial charge is 0.386 e. The lowest BCUT2D eigenvalue weighted by atomic mass is 10.1. The number of fused-ring (bicyclic) bond motifs is 1. The molecule has 2 amide bonds.